The van der Waals surface area contributed by atoms with Crippen molar-refractivity contribution in [3.05, 3.63) is 59.2 Å². The quantitative estimate of drug-likeness (QED) is 0.361. The molecule has 0 aromatic heterocycles. The molecule has 6 heteroatoms. The molecule has 0 amide bonds. The summed E-state index contributed by atoms with van der Waals surface area (Å²) in [5.74, 6) is -0.142. The van der Waals surface area contributed by atoms with Crippen molar-refractivity contribution in [3.8, 4) is 0 Å². The van der Waals surface area contributed by atoms with Crippen LogP contribution in [0, 0.1) is 22.7 Å². The molecule has 0 aromatic carbocycles. The van der Waals surface area contributed by atoms with E-state index in [1.807, 2.05) is 0 Å². The van der Waals surface area contributed by atoms with Crippen LogP contribution in [0.1, 0.15) is 72.1 Å². The van der Waals surface area contributed by atoms with Crippen molar-refractivity contribution in [3.63, 3.8) is 0 Å². The van der Waals surface area contributed by atoms with Crippen molar-refractivity contribution in [1.29, 1.82) is 0 Å². The summed E-state index contributed by atoms with van der Waals surface area (Å²) < 4.78 is 42.3. The fourth-order valence-electron chi connectivity index (χ4n) is 7.09. The SMILES string of the molecule is C=C(C)SCF.CC12CCCC1C1C[C@H](F)C3=CC(=O)C=CC3(C)[C@@]1(F)CC2.CN(C)C1=CCCC=C1. The molecule has 206 valence electrons. The summed E-state index contributed by atoms with van der Waals surface area (Å²) in [5, 5.41) is 0. The molecule has 5 rings (SSSR count). The summed E-state index contributed by atoms with van der Waals surface area (Å²) in [6.07, 6.45) is 17.2. The van der Waals surface area contributed by atoms with Crippen molar-refractivity contribution < 1.29 is 18.0 Å². The highest BCUT2D eigenvalue weighted by molar-refractivity contribution is 8.02. The first-order valence-corrected chi connectivity index (χ1v) is 14.5. The number of likely N-dealkylation sites (N-methyl/N-ethyl adjacent to an activating group) is 1. The molecule has 4 unspecified atom stereocenters. The fraction of sp³-hybridized carbons (Fsp3) is 0.645. The van der Waals surface area contributed by atoms with E-state index in [4.69, 9.17) is 0 Å². The maximum Gasteiger partial charge on any atom is 0.178 e. The molecule has 0 heterocycles. The van der Waals surface area contributed by atoms with Crippen LogP contribution in [0.5, 0.6) is 0 Å². The molecule has 6 atom stereocenters. The number of halogens is 3. The van der Waals surface area contributed by atoms with Gasteiger partial charge in [0.15, 0.2) is 5.78 Å². The molecule has 0 N–H and O–H groups in total. The lowest BCUT2D eigenvalue weighted by atomic mass is 9.46. The van der Waals surface area contributed by atoms with E-state index in [1.54, 1.807) is 19.9 Å². The molecule has 3 saturated carbocycles. The Morgan fingerprint density at radius 2 is 1.89 bits per heavy atom. The van der Waals surface area contributed by atoms with Crippen LogP contribution in [0.15, 0.2) is 59.2 Å². The standard InChI is InChI=1S/C19H24F2O.C8H13N.C4H7FS/c1-17-6-3-4-13(17)14-11-16(20)15-10-12(22)5-7-18(15,2)19(14,21)9-8-17;1-9(2)8-6-4-3-5-7-8;1-4(2)6-3-5/h5,7,10,13-14,16H,3-4,6,8-9,11H2,1-2H3;4,6-7H,3,5H2,1-2H3;1,3H2,2H3/t13?,14?,16-,17?,18?,19+;;/m0../s1. The van der Waals surface area contributed by atoms with Gasteiger partial charge in [0.1, 0.15) is 17.8 Å². The lowest BCUT2D eigenvalue weighted by Crippen LogP contribution is -2.61. The third-order valence-electron chi connectivity index (χ3n) is 9.22. The average molecular weight is 536 g/mol. The maximum atomic E-state index is 16.3. The van der Waals surface area contributed by atoms with E-state index in [0.717, 1.165) is 42.4 Å². The summed E-state index contributed by atoms with van der Waals surface area (Å²) in [4.78, 5) is 14.6. The molecule has 5 aliphatic rings. The Labute approximate surface area is 226 Å². The van der Waals surface area contributed by atoms with Gasteiger partial charge in [0.05, 0.1) is 0 Å². The predicted octanol–water partition coefficient (Wildman–Crippen LogP) is 8.69. The number of hydrogen-bond donors (Lipinski definition) is 0. The van der Waals surface area contributed by atoms with Crippen molar-refractivity contribution in [2.45, 2.75) is 84.0 Å². The maximum absolute atomic E-state index is 16.3. The minimum atomic E-state index is -1.41. The van der Waals surface area contributed by atoms with Gasteiger partial charge in [0.2, 0.25) is 0 Å². The number of alkyl halides is 3. The third-order valence-corrected chi connectivity index (χ3v) is 9.83. The molecular weight excluding hydrogens is 491 g/mol. The Morgan fingerprint density at radius 3 is 2.43 bits per heavy atom. The van der Waals surface area contributed by atoms with Crippen LogP contribution in [0.2, 0.25) is 0 Å². The molecule has 0 aliphatic heterocycles. The van der Waals surface area contributed by atoms with Crippen LogP contribution in [0.4, 0.5) is 13.2 Å². The Hall–Kier alpha value is -1.69. The van der Waals surface area contributed by atoms with Gasteiger partial charge in [0, 0.05) is 31.1 Å². The highest BCUT2D eigenvalue weighted by Gasteiger charge is 2.66. The molecule has 37 heavy (non-hydrogen) atoms. The third kappa shape index (κ3) is 6.15. The van der Waals surface area contributed by atoms with Gasteiger partial charge in [-0.25, -0.2) is 13.2 Å². The van der Waals surface area contributed by atoms with E-state index in [-0.39, 0.29) is 35.5 Å². The van der Waals surface area contributed by atoms with Gasteiger partial charge < -0.3 is 4.90 Å². The lowest BCUT2D eigenvalue weighted by molar-refractivity contribution is -0.131. The number of rotatable bonds is 3. The molecule has 0 saturated heterocycles. The summed E-state index contributed by atoms with van der Waals surface area (Å²) in [7, 11) is 4.14. The molecule has 2 nitrogen and oxygen atoms in total. The number of nitrogens with zero attached hydrogens (tertiary/aromatic N) is 1. The lowest BCUT2D eigenvalue weighted by Gasteiger charge is -2.60. The second kappa shape index (κ2) is 12.0. The van der Waals surface area contributed by atoms with Gasteiger partial charge >= 0.3 is 0 Å². The summed E-state index contributed by atoms with van der Waals surface area (Å²) in [5.41, 5.74) is -0.465. The van der Waals surface area contributed by atoms with Crippen LogP contribution < -0.4 is 0 Å². The zero-order chi connectivity index (χ0) is 27.4. The first-order valence-electron chi connectivity index (χ1n) is 13.5. The van der Waals surface area contributed by atoms with Crippen molar-refractivity contribution >= 4 is 17.5 Å². The zero-order valence-electron chi connectivity index (χ0n) is 23.2. The van der Waals surface area contributed by atoms with Gasteiger partial charge in [-0.2, -0.15) is 0 Å². The number of carbonyl (C=O) groups is 1. The first-order chi connectivity index (χ1) is 17.4. The fourth-order valence-corrected chi connectivity index (χ4v) is 7.28. The topological polar surface area (TPSA) is 20.3 Å². The molecule has 0 aromatic rings. The van der Waals surface area contributed by atoms with Gasteiger partial charge in [-0.1, -0.05) is 49.9 Å². The minimum absolute atomic E-state index is 0.186. The van der Waals surface area contributed by atoms with Crippen molar-refractivity contribution in [2.24, 2.45) is 22.7 Å². The molecule has 3 fully saturated rings. The number of ketones is 1. The van der Waals surface area contributed by atoms with E-state index >= 15 is 4.39 Å². The molecular formula is C31H44F3NOS. The van der Waals surface area contributed by atoms with E-state index in [0.29, 0.717) is 12.0 Å². The monoisotopic (exact) mass is 535 g/mol. The Morgan fingerprint density at radius 1 is 1.16 bits per heavy atom. The Kier molecular flexibility index (Phi) is 9.69. The molecule has 5 aliphatic carbocycles. The largest absolute Gasteiger partial charge is 0.378 e. The predicted molar refractivity (Wildman–Crippen MR) is 150 cm³/mol. The second-order valence-corrected chi connectivity index (χ2v) is 13.0. The van der Waals surface area contributed by atoms with E-state index in [1.165, 1.54) is 30.7 Å². The summed E-state index contributed by atoms with van der Waals surface area (Å²) >= 11 is 1.12. The van der Waals surface area contributed by atoms with Gasteiger partial charge in [-0.05, 0) is 98.8 Å². The van der Waals surface area contributed by atoms with Gasteiger partial charge in [-0.3, -0.25) is 4.79 Å². The van der Waals surface area contributed by atoms with Crippen LogP contribution in [0.25, 0.3) is 0 Å². The van der Waals surface area contributed by atoms with Crippen molar-refractivity contribution in [2.75, 3.05) is 20.1 Å². The van der Waals surface area contributed by atoms with E-state index < -0.39 is 17.3 Å². The first kappa shape index (κ1) is 29.9. The van der Waals surface area contributed by atoms with Gasteiger partial charge in [-0.15, -0.1) is 0 Å². The van der Waals surface area contributed by atoms with Crippen LogP contribution in [-0.4, -0.2) is 42.6 Å². The summed E-state index contributed by atoms with van der Waals surface area (Å²) in [6.45, 7) is 9.32. The number of hydrogen-bond acceptors (Lipinski definition) is 3. The number of carbonyl (C=O) groups excluding carboxylic acids is 1. The van der Waals surface area contributed by atoms with E-state index in [2.05, 4.69) is 50.7 Å². The Balaban J connectivity index is 0.000000210. The van der Waals surface area contributed by atoms with Crippen molar-refractivity contribution in [1.82, 2.24) is 4.90 Å². The average Bonchev–Trinajstić information content (AvgIpc) is 3.25. The van der Waals surface area contributed by atoms with Crippen LogP contribution in [-0.2, 0) is 4.79 Å². The second-order valence-electron chi connectivity index (χ2n) is 11.8. The Bertz CT molecular complexity index is 985. The van der Waals surface area contributed by atoms with E-state index in [9.17, 15) is 13.6 Å². The highest BCUT2D eigenvalue weighted by atomic mass is 32.2. The summed E-state index contributed by atoms with van der Waals surface area (Å²) in [6, 6.07) is -0.352. The van der Waals surface area contributed by atoms with Gasteiger partial charge in [0.25, 0.3) is 0 Å². The smallest absolute Gasteiger partial charge is 0.178 e. The number of thioether (sulfide) groups is 1. The highest BCUT2D eigenvalue weighted by Crippen LogP contribution is 2.67. The normalized spacial score (nSPS) is 37.4. The number of allylic oxidation sites excluding steroid dienone is 8. The van der Waals surface area contributed by atoms with Crippen LogP contribution in [0.3, 0.4) is 0 Å². The number of fused-ring (bicyclic) bond motifs is 5. The molecule has 0 bridgehead atoms. The van der Waals surface area contributed by atoms with Crippen LogP contribution >= 0.6 is 11.8 Å². The molecule has 0 spiro atoms. The minimum Gasteiger partial charge on any atom is -0.378 e. The zero-order valence-corrected chi connectivity index (χ0v) is 24.0. The molecule has 0 radical (unpaired) electrons.